The summed E-state index contributed by atoms with van der Waals surface area (Å²) in [4.78, 5) is 3.41. The second kappa shape index (κ2) is 14.3. The highest BCUT2D eigenvalue weighted by atomic mass is 32.1. The van der Waals surface area contributed by atoms with Crippen molar-refractivity contribution in [2.24, 2.45) is 10.9 Å². The van der Waals surface area contributed by atoms with E-state index in [0.717, 1.165) is 48.1 Å². The van der Waals surface area contributed by atoms with Crippen LogP contribution in [-0.2, 0) is 15.9 Å². The van der Waals surface area contributed by atoms with Gasteiger partial charge in [-0.15, -0.1) is 0 Å². The summed E-state index contributed by atoms with van der Waals surface area (Å²) in [6.07, 6.45) is 5.14. The maximum Gasteiger partial charge on any atom is 0.184 e. The van der Waals surface area contributed by atoms with Crippen LogP contribution in [0.15, 0.2) is 83.6 Å². The first-order chi connectivity index (χ1) is 19.4. The van der Waals surface area contributed by atoms with Crippen molar-refractivity contribution < 1.29 is 27.0 Å². The molecule has 1 fully saturated rings. The van der Waals surface area contributed by atoms with Gasteiger partial charge in [-0.25, -0.2) is 17.6 Å². The Morgan fingerprint density at radius 3 is 2.15 bits per heavy atom. The van der Waals surface area contributed by atoms with Gasteiger partial charge in [-0.1, -0.05) is 68.0 Å². The topological polar surface area (TPSA) is 30.8 Å². The van der Waals surface area contributed by atoms with Crippen molar-refractivity contribution in [2.45, 2.75) is 38.9 Å². The number of ether oxygens (including phenoxy) is 2. The Kier molecular flexibility index (Phi) is 10.6. The van der Waals surface area contributed by atoms with Crippen LogP contribution < -0.4 is 0 Å². The van der Waals surface area contributed by atoms with Crippen molar-refractivity contribution >= 4 is 28.9 Å². The third kappa shape index (κ3) is 7.61. The van der Waals surface area contributed by atoms with Crippen LogP contribution in [0.25, 0.3) is 17.0 Å². The van der Waals surface area contributed by atoms with E-state index in [-0.39, 0.29) is 17.0 Å². The molecule has 40 heavy (non-hydrogen) atoms. The molecular formula is C32H29F4NO2S. The molecule has 208 valence electrons. The summed E-state index contributed by atoms with van der Waals surface area (Å²) in [6.45, 7) is 2.78. The summed E-state index contributed by atoms with van der Waals surface area (Å²) < 4.78 is 68.1. The van der Waals surface area contributed by atoms with Crippen molar-refractivity contribution in [3.63, 3.8) is 0 Å². The van der Waals surface area contributed by atoms with E-state index < -0.39 is 35.3 Å². The predicted molar refractivity (Wildman–Crippen MR) is 153 cm³/mol. The molecule has 0 saturated carbocycles. The monoisotopic (exact) mass is 567 g/mol. The summed E-state index contributed by atoms with van der Waals surface area (Å²) in [7, 11) is 0. The average molecular weight is 568 g/mol. The molecule has 4 rings (SSSR count). The fourth-order valence-electron chi connectivity index (χ4n) is 4.38. The standard InChI is InChI=1S/C32H29F4NO2S/c1-2-3-4-5-27(33)30(36)25-14-12-24(13-15-25)23-10-8-21(9-11-23)6-7-22-18-38-32(39-19-22)26-16-28(34)31(37-20-40)29(35)17-26/h4-5,8-17,22,32H,2-3,6-7,18-19H2,1H3. The van der Waals surface area contributed by atoms with Gasteiger partial charge in [0.1, 0.15) is 5.69 Å². The fraction of sp³-hybridized carbons (Fsp3) is 0.281. The lowest BCUT2D eigenvalue weighted by molar-refractivity contribution is -0.206. The Bertz CT molecular complexity index is 1380. The number of isothiocyanates is 1. The lowest BCUT2D eigenvalue weighted by atomic mass is 9.97. The molecule has 3 aromatic rings. The largest absolute Gasteiger partial charge is 0.348 e. The van der Waals surface area contributed by atoms with Crippen LogP contribution in [0.4, 0.5) is 23.2 Å². The smallest absolute Gasteiger partial charge is 0.184 e. The van der Waals surface area contributed by atoms with Crippen LogP contribution in [0.1, 0.15) is 49.2 Å². The molecular weight excluding hydrogens is 538 g/mol. The first kappa shape index (κ1) is 29.6. The summed E-state index contributed by atoms with van der Waals surface area (Å²) in [5.74, 6) is -3.31. The van der Waals surface area contributed by atoms with Crippen LogP contribution in [0.5, 0.6) is 0 Å². The van der Waals surface area contributed by atoms with Gasteiger partial charge in [-0.2, -0.15) is 4.99 Å². The van der Waals surface area contributed by atoms with Crippen molar-refractivity contribution in [3.8, 4) is 11.1 Å². The second-order valence-electron chi connectivity index (χ2n) is 9.57. The number of thiocarbonyl (C=S) groups is 1. The molecule has 0 bridgehead atoms. The highest BCUT2D eigenvalue weighted by Crippen LogP contribution is 2.32. The van der Waals surface area contributed by atoms with Crippen LogP contribution in [0.2, 0.25) is 0 Å². The number of unbranched alkanes of at least 4 members (excludes halogenated alkanes) is 1. The predicted octanol–water partition coefficient (Wildman–Crippen LogP) is 9.62. The van der Waals surface area contributed by atoms with Crippen molar-refractivity contribution in [1.82, 2.24) is 0 Å². The number of nitrogens with zero attached hydrogens (tertiary/aromatic N) is 1. The normalized spacial score (nSPS) is 17.9. The van der Waals surface area contributed by atoms with E-state index >= 15 is 0 Å². The van der Waals surface area contributed by atoms with Gasteiger partial charge in [0.2, 0.25) is 0 Å². The molecule has 3 aromatic carbocycles. The number of halogens is 4. The highest BCUT2D eigenvalue weighted by Gasteiger charge is 2.25. The molecule has 0 aromatic heterocycles. The molecule has 8 heteroatoms. The zero-order valence-corrected chi connectivity index (χ0v) is 22.8. The molecule has 0 unspecified atom stereocenters. The van der Waals surface area contributed by atoms with Crippen molar-refractivity contribution in [2.75, 3.05) is 13.2 Å². The minimum Gasteiger partial charge on any atom is -0.348 e. The second-order valence-corrected chi connectivity index (χ2v) is 9.75. The number of benzene rings is 3. The van der Waals surface area contributed by atoms with Gasteiger partial charge in [-0.3, -0.25) is 0 Å². The zero-order valence-electron chi connectivity index (χ0n) is 22.0. The van der Waals surface area contributed by atoms with Crippen LogP contribution in [-0.4, -0.2) is 18.4 Å². The molecule has 1 saturated heterocycles. The van der Waals surface area contributed by atoms with E-state index in [1.54, 1.807) is 30.3 Å². The number of hydrogen-bond acceptors (Lipinski definition) is 4. The lowest BCUT2D eigenvalue weighted by Crippen LogP contribution is -2.27. The third-order valence-corrected chi connectivity index (χ3v) is 6.72. The van der Waals surface area contributed by atoms with E-state index in [4.69, 9.17) is 9.47 Å². The van der Waals surface area contributed by atoms with Crippen molar-refractivity contribution in [3.05, 3.63) is 107 Å². The van der Waals surface area contributed by atoms with Crippen molar-refractivity contribution in [1.29, 1.82) is 0 Å². The number of aryl methyl sites for hydroxylation is 1. The van der Waals surface area contributed by atoms with Gasteiger partial charge < -0.3 is 9.47 Å². The number of hydrogen-bond donors (Lipinski definition) is 0. The van der Waals surface area contributed by atoms with E-state index in [0.29, 0.717) is 19.6 Å². The van der Waals surface area contributed by atoms with Gasteiger partial charge in [0.15, 0.2) is 29.6 Å². The quantitative estimate of drug-likeness (QED) is 0.106. The molecule has 1 heterocycles. The molecule has 0 spiro atoms. The molecule has 1 aliphatic heterocycles. The Balaban J connectivity index is 1.29. The number of allylic oxidation sites excluding steroid dienone is 3. The summed E-state index contributed by atoms with van der Waals surface area (Å²) in [6, 6.07) is 17.0. The van der Waals surface area contributed by atoms with E-state index in [1.807, 2.05) is 36.4 Å². The number of rotatable bonds is 10. The Morgan fingerprint density at radius 2 is 1.57 bits per heavy atom. The molecule has 0 N–H and O–H groups in total. The molecule has 1 aliphatic rings. The highest BCUT2D eigenvalue weighted by molar-refractivity contribution is 7.78. The molecule has 0 atom stereocenters. The Morgan fingerprint density at radius 1 is 0.975 bits per heavy atom. The molecule has 3 nitrogen and oxygen atoms in total. The Labute approximate surface area is 236 Å². The first-order valence-electron chi connectivity index (χ1n) is 13.1. The zero-order chi connectivity index (χ0) is 28.5. The number of aliphatic imine (C=N–C) groups is 1. The van der Waals surface area contributed by atoms with E-state index in [1.165, 1.54) is 6.08 Å². The third-order valence-electron chi connectivity index (χ3n) is 6.63. The maximum atomic E-state index is 14.4. The molecule has 0 amide bonds. The van der Waals surface area contributed by atoms with E-state index in [9.17, 15) is 17.6 Å². The molecule has 0 aliphatic carbocycles. The maximum absolute atomic E-state index is 14.4. The van der Waals surface area contributed by atoms with Crippen LogP contribution >= 0.6 is 12.2 Å². The Hall–Kier alpha value is -3.42. The minimum absolute atomic E-state index is 0.136. The average Bonchev–Trinajstić information content (AvgIpc) is 2.98. The lowest BCUT2D eigenvalue weighted by Gasteiger charge is -2.29. The van der Waals surface area contributed by atoms with Gasteiger partial charge in [-0.05, 0) is 66.4 Å². The SMILES string of the molecule is CCCC=CC(F)=C(F)c1ccc(-c2ccc(CCC3COC(c4cc(F)c(N=C=S)c(F)c4)OC3)cc2)cc1. The van der Waals surface area contributed by atoms with Crippen LogP contribution in [0.3, 0.4) is 0 Å². The first-order valence-corrected chi connectivity index (χ1v) is 13.5. The van der Waals surface area contributed by atoms with Gasteiger partial charge in [0, 0.05) is 17.0 Å². The van der Waals surface area contributed by atoms with Gasteiger partial charge in [0.25, 0.3) is 0 Å². The molecule has 0 radical (unpaired) electrons. The minimum atomic E-state index is -0.871. The van der Waals surface area contributed by atoms with Crippen LogP contribution in [0, 0.1) is 17.6 Å². The van der Waals surface area contributed by atoms with Gasteiger partial charge >= 0.3 is 0 Å². The summed E-state index contributed by atoms with van der Waals surface area (Å²) in [5.41, 5.74) is 2.97. The van der Waals surface area contributed by atoms with E-state index in [2.05, 4.69) is 17.2 Å². The summed E-state index contributed by atoms with van der Waals surface area (Å²) in [5, 5.41) is 1.96. The summed E-state index contributed by atoms with van der Waals surface area (Å²) >= 11 is 4.42. The van der Waals surface area contributed by atoms with Gasteiger partial charge in [0.05, 0.1) is 18.4 Å². The fourth-order valence-corrected chi connectivity index (χ4v) is 4.48.